The average molecular weight is 386 g/mol. The van der Waals surface area contributed by atoms with Crippen molar-refractivity contribution in [3.05, 3.63) is 41.7 Å². The summed E-state index contributed by atoms with van der Waals surface area (Å²) in [5.41, 5.74) is 1.87. The summed E-state index contributed by atoms with van der Waals surface area (Å²) in [4.78, 5) is 11.6. The largest absolute Gasteiger partial charge is 0.486 e. The third-order valence-corrected chi connectivity index (χ3v) is 6.43. The maximum absolute atomic E-state index is 10.7. The van der Waals surface area contributed by atoms with Crippen molar-refractivity contribution >= 4 is 17.6 Å². The summed E-state index contributed by atoms with van der Waals surface area (Å²) < 4.78 is 6.19. The van der Waals surface area contributed by atoms with E-state index in [0.29, 0.717) is 11.8 Å². The van der Waals surface area contributed by atoms with Crippen LogP contribution in [0.25, 0.3) is 0 Å². The van der Waals surface area contributed by atoms with Gasteiger partial charge in [-0.05, 0) is 69.0 Å². The van der Waals surface area contributed by atoms with Crippen LogP contribution in [0.1, 0.15) is 24.2 Å². The lowest BCUT2D eigenvalue weighted by atomic mass is 9.78. The van der Waals surface area contributed by atoms with Crippen LogP contribution in [0.4, 0.5) is 5.82 Å². The summed E-state index contributed by atoms with van der Waals surface area (Å²) in [5, 5.41) is 11.7. The molecular weight excluding hydrogens is 358 g/mol. The summed E-state index contributed by atoms with van der Waals surface area (Å²) in [5.74, 6) is 2.85. The topological polar surface area (TPSA) is 58.5 Å². The van der Waals surface area contributed by atoms with Gasteiger partial charge in [-0.2, -0.15) is 0 Å². The monoisotopic (exact) mass is 385 g/mol. The maximum atomic E-state index is 10.7. The molecule has 0 unspecified atom stereocenters. The molecule has 0 radical (unpaired) electrons. The van der Waals surface area contributed by atoms with E-state index in [9.17, 15) is 5.11 Å². The minimum absolute atomic E-state index is 0.167. The third-order valence-electron chi connectivity index (χ3n) is 5.78. The van der Waals surface area contributed by atoms with Gasteiger partial charge in [-0.3, -0.25) is 4.98 Å². The number of pyridine rings is 2. The van der Waals surface area contributed by atoms with E-state index in [-0.39, 0.29) is 6.10 Å². The van der Waals surface area contributed by atoms with Gasteiger partial charge < -0.3 is 14.7 Å². The Labute approximate surface area is 165 Å². The highest BCUT2D eigenvalue weighted by Gasteiger charge is 2.43. The first kappa shape index (κ1) is 18.6. The molecule has 144 valence electrons. The van der Waals surface area contributed by atoms with Crippen LogP contribution in [0.5, 0.6) is 5.75 Å². The van der Waals surface area contributed by atoms with Gasteiger partial charge in [-0.1, -0.05) is 6.07 Å². The molecule has 1 aliphatic heterocycles. The number of nitrogens with zero attached hydrogens (tertiary/aromatic N) is 3. The highest BCUT2D eigenvalue weighted by Crippen LogP contribution is 2.39. The number of ether oxygens (including phenoxy) is 1. The SMILES string of the molecule is CSc1cccc(N2C[C@H]3C[C@@H](Oc4ccc(C)nc4C)[C@H](O)C[C@H]3C2)n1. The van der Waals surface area contributed by atoms with Crippen molar-refractivity contribution in [2.75, 3.05) is 24.2 Å². The fraction of sp³-hybridized carbons (Fsp3) is 0.524. The fourth-order valence-corrected chi connectivity index (χ4v) is 4.76. The molecule has 0 spiro atoms. The molecular formula is C21H27N3O2S. The Morgan fingerprint density at radius 2 is 1.85 bits per heavy atom. The van der Waals surface area contributed by atoms with Gasteiger partial charge >= 0.3 is 0 Å². The third kappa shape index (κ3) is 3.92. The lowest BCUT2D eigenvalue weighted by molar-refractivity contribution is -0.0236. The van der Waals surface area contributed by atoms with E-state index in [1.165, 1.54) is 0 Å². The summed E-state index contributed by atoms with van der Waals surface area (Å²) in [7, 11) is 0. The molecule has 2 aromatic rings. The van der Waals surface area contributed by atoms with Crippen molar-refractivity contribution in [2.24, 2.45) is 11.8 Å². The van der Waals surface area contributed by atoms with Gasteiger partial charge in [-0.25, -0.2) is 4.98 Å². The first-order valence-corrected chi connectivity index (χ1v) is 10.8. The zero-order valence-corrected chi connectivity index (χ0v) is 16.9. The van der Waals surface area contributed by atoms with E-state index in [1.807, 2.05) is 32.0 Å². The van der Waals surface area contributed by atoms with Crippen LogP contribution >= 0.6 is 11.8 Å². The summed E-state index contributed by atoms with van der Waals surface area (Å²) in [6, 6.07) is 10.1. The Morgan fingerprint density at radius 1 is 1.07 bits per heavy atom. The second kappa shape index (κ2) is 7.68. The second-order valence-electron chi connectivity index (χ2n) is 7.69. The molecule has 3 heterocycles. The van der Waals surface area contributed by atoms with Crippen molar-refractivity contribution < 1.29 is 9.84 Å². The molecule has 2 fully saturated rings. The average Bonchev–Trinajstić information content (AvgIpc) is 3.07. The second-order valence-corrected chi connectivity index (χ2v) is 8.52. The predicted octanol–water partition coefficient (Wildman–Crippen LogP) is 3.47. The van der Waals surface area contributed by atoms with Crippen LogP contribution < -0.4 is 9.64 Å². The molecule has 2 aliphatic rings. The number of rotatable bonds is 4. The van der Waals surface area contributed by atoms with Crippen LogP contribution in [0.2, 0.25) is 0 Å². The minimum Gasteiger partial charge on any atom is -0.486 e. The van der Waals surface area contributed by atoms with Crippen LogP contribution in [-0.4, -0.2) is 46.6 Å². The number of aliphatic hydroxyl groups is 1. The number of fused-ring (bicyclic) bond motifs is 1. The number of hydrogen-bond donors (Lipinski definition) is 1. The number of anilines is 1. The van der Waals surface area contributed by atoms with Gasteiger partial charge in [0.2, 0.25) is 0 Å². The summed E-state index contributed by atoms with van der Waals surface area (Å²) >= 11 is 1.67. The Balaban J connectivity index is 1.45. The molecule has 4 atom stereocenters. The normalized spacial score (nSPS) is 27.5. The van der Waals surface area contributed by atoms with Crippen LogP contribution in [-0.2, 0) is 0 Å². The molecule has 1 saturated carbocycles. The van der Waals surface area contributed by atoms with E-state index < -0.39 is 6.10 Å². The van der Waals surface area contributed by atoms with Gasteiger partial charge in [-0.15, -0.1) is 11.8 Å². The highest BCUT2D eigenvalue weighted by molar-refractivity contribution is 7.98. The van der Waals surface area contributed by atoms with Gasteiger partial charge in [0.25, 0.3) is 0 Å². The van der Waals surface area contributed by atoms with E-state index in [1.54, 1.807) is 11.8 Å². The molecule has 2 aromatic heterocycles. The Bertz CT molecular complexity index is 816. The van der Waals surface area contributed by atoms with Crippen molar-refractivity contribution in [3.63, 3.8) is 0 Å². The molecule has 0 bridgehead atoms. The molecule has 1 N–H and O–H groups in total. The number of aromatic nitrogens is 2. The first-order valence-electron chi connectivity index (χ1n) is 9.58. The Hall–Kier alpha value is -1.79. The Morgan fingerprint density at radius 3 is 2.59 bits per heavy atom. The van der Waals surface area contributed by atoms with Gasteiger partial charge in [0.05, 0.1) is 16.8 Å². The predicted molar refractivity (Wildman–Crippen MR) is 109 cm³/mol. The van der Waals surface area contributed by atoms with E-state index in [0.717, 1.165) is 53.9 Å². The molecule has 0 amide bonds. The van der Waals surface area contributed by atoms with Gasteiger partial charge in [0.15, 0.2) is 0 Å². The van der Waals surface area contributed by atoms with Crippen LogP contribution in [0.15, 0.2) is 35.4 Å². The molecule has 6 heteroatoms. The van der Waals surface area contributed by atoms with Gasteiger partial charge in [0.1, 0.15) is 17.7 Å². The number of aryl methyl sites for hydroxylation is 2. The molecule has 0 aromatic carbocycles. The fourth-order valence-electron chi connectivity index (χ4n) is 4.36. The smallest absolute Gasteiger partial charge is 0.141 e. The lowest BCUT2D eigenvalue weighted by Crippen LogP contribution is -2.42. The molecule has 27 heavy (non-hydrogen) atoms. The standard InChI is InChI=1S/C21H27N3O2S/c1-13-7-8-18(14(2)22-13)26-19-10-16-12-24(11-15(16)9-17(19)25)20-5-4-6-21(23-20)27-3/h4-8,15-17,19,25H,9-12H2,1-3H3/t15-,16+,17+,19+/m0/s1. The molecule has 4 rings (SSSR count). The molecule has 5 nitrogen and oxygen atoms in total. The minimum atomic E-state index is -0.433. The number of aliphatic hydroxyl groups excluding tert-OH is 1. The summed E-state index contributed by atoms with van der Waals surface area (Å²) in [6.45, 7) is 5.88. The van der Waals surface area contributed by atoms with E-state index >= 15 is 0 Å². The van der Waals surface area contributed by atoms with Crippen LogP contribution in [0, 0.1) is 25.7 Å². The number of thioether (sulfide) groups is 1. The van der Waals surface area contributed by atoms with Crippen molar-refractivity contribution in [1.82, 2.24) is 9.97 Å². The zero-order valence-electron chi connectivity index (χ0n) is 16.1. The Kier molecular flexibility index (Phi) is 5.28. The highest BCUT2D eigenvalue weighted by atomic mass is 32.2. The number of hydrogen-bond acceptors (Lipinski definition) is 6. The summed E-state index contributed by atoms with van der Waals surface area (Å²) in [6.07, 6.45) is 3.11. The zero-order chi connectivity index (χ0) is 19.0. The first-order chi connectivity index (χ1) is 13.0. The molecule has 1 saturated heterocycles. The van der Waals surface area contributed by atoms with Crippen molar-refractivity contribution in [2.45, 2.75) is 43.9 Å². The van der Waals surface area contributed by atoms with E-state index in [2.05, 4.69) is 28.3 Å². The lowest BCUT2D eigenvalue weighted by Gasteiger charge is -2.35. The van der Waals surface area contributed by atoms with Crippen molar-refractivity contribution in [1.29, 1.82) is 0 Å². The van der Waals surface area contributed by atoms with Crippen molar-refractivity contribution in [3.8, 4) is 5.75 Å². The molecule has 1 aliphatic carbocycles. The maximum Gasteiger partial charge on any atom is 0.141 e. The van der Waals surface area contributed by atoms with Gasteiger partial charge in [0, 0.05) is 18.8 Å². The van der Waals surface area contributed by atoms with Crippen LogP contribution in [0.3, 0.4) is 0 Å². The quantitative estimate of drug-likeness (QED) is 0.814. The van der Waals surface area contributed by atoms with E-state index in [4.69, 9.17) is 9.72 Å².